The Morgan fingerprint density at radius 1 is 1.24 bits per heavy atom. The molecule has 6 nitrogen and oxygen atoms in total. The number of thiazole rings is 1. The highest BCUT2D eigenvalue weighted by Gasteiger charge is 2.25. The quantitative estimate of drug-likeness (QED) is 0.351. The summed E-state index contributed by atoms with van der Waals surface area (Å²) in [5.41, 5.74) is 0.976. The molecule has 1 heterocycles. The Labute approximate surface area is 208 Å². The van der Waals surface area contributed by atoms with Gasteiger partial charge in [-0.05, 0) is 53.0 Å². The van der Waals surface area contributed by atoms with Gasteiger partial charge in [0.05, 0.1) is 36.3 Å². The molecule has 2 atom stereocenters. The molecule has 2 amide bonds. The lowest BCUT2D eigenvalue weighted by Crippen LogP contribution is -2.44. The van der Waals surface area contributed by atoms with Gasteiger partial charge in [0, 0.05) is 4.47 Å². The Bertz CT molecular complexity index is 1130. The van der Waals surface area contributed by atoms with Crippen LogP contribution in [0.5, 0.6) is 5.19 Å². The van der Waals surface area contributed by atoms with Gasteiger partial charge in [0.1, 0.15) is 10.7 Å². The smallest absolute Gasteiger partial charge is 0.273 e. The van der Waals surface area contributed by atoms with E-state index in [2.05, 4.69) is 31.5 Å². The van der Waals surface area contributed by atoms with Crippen molar-refractivity contribution in [3.63, 3.8) is 0 Å². The number of amides is 2. The maximum Gasteiger partial charge on any atom is 0.273 e. The summed E-state index contributed by atoms with van der Waals surface area (Å²) < 4.78 is 20.0. The Hall–Kier alpha value is -2.49. The number of nitrogens with zero attached hydrogens (tertiary/aromatic N) is 1. The Balaban J connectivity index is 1.75. The van der Waals surface area contributed by atoms with Crippen molar-refractivity contribution in [2.45, 2.75) is 32.4 Å². The van der Waals surface area contributed by atoms with Crippen molar-refractivity contribution in [3.8, 4) is 5.19 Å². The highest BCUT2D eigenvalue weighted by atomic mass is 79.9. The van der Waals surface area contributed by atoms with Crippen LogP contribution in [0.25, 0.3) is 0 Å². The number of hydrogen-bond acceptors (Lipinski definition) is 5. The summed E-state index contributed by atoms with van der Waals surface area (Å²) >= 11 is 10.4. The summed E-state index contributed by atoms with van der Waals surface area (Å²) in [4.78, 5) is 30.0. The molecular formula is C23H22BrClFN3O3S. The molecule has 174 valence electrons. The molecule has 0 fully saturated rings. The second-order valence-electron chi connectivity index (χ2n) is 7.18. The molecule has 0 radical (unpaired) electrons. The third kappa shape index (κ3) is 6.75. The number of ether oxygens (including phenoxy) is 1. The molecular weight excluding hydrogens is 533 g/mol. The maximum absolute atomic E-state index is 14.3. The number of halogens is 3. The fraction of sp³-hybridized carbons (Fsp3) is 0.261. The van der Waals surface area contributed by atoms with E-state index >= 15 is 0 Å². The molecule has 33 heavy (non-hydrogen) atoms. The van der Waals surface area contributed by atoms with Gasteiger partial charge < -0.3 is 15.4 Å². The van der Waals surface area contributed by atoms with E-state index in [9.17, 15) is 14.0 Å². The van der Waals surface area contributed by atoms with E-state index in [0.717, 1.165) is 16.9 Å². The third-order valence-corrected chi connectivity index (χ3v) is 6.86. The van der Waals surface area contributed by atoms with E-state index in [1.807, 2.05) is 37.3 Å². The van der Waals surface area contributed by atoms with Crippen molar-refractivity contribution >= 4 is 50.7 Å². The van der Waals surface area contributed by atoms with Crippen LogP contribution in [0.1, 0.15) is 40.7 Å². The predicted molar refractivity (Wildman–Crippen MR) is 130 cm³/mol. The molecule has 0 bridgehead atoms. The number of carbonyl (C=O) groups excluding carboxylic acids is 2. The molecule has 2 unspecified atom stereocenters. The van der Waals surface area contributed by atoms with Crippen LogP contribution in [0.4, 0.5) is 4.39 Å². The Morgan fingerprint density at radius 3 is 2.67 bits per heavy atom. The van der Waals surface area contributed by atoms with Crippen LogP contribution in [-0.2, 0) is 11.2 Å². The molecule has 3 aromatic rings. The van der Waals surface area contributed by atoms with Gasteiger partial charge in [0.15, 0.2) is 0 Å². The number of rotatable bonds is 9. The molecule has 0 spiro atoms. The Kier molecular flexibility index (Phi) is 8.82. The van der Waals surface area contributed by atoms with Gasteiger partial charge in [-0.3, -0.25) is 9.59 Å². The van der Waals surface area contributed by atoms with Gasteiger partial charge in [0.25, 0.3) is 11.1 Å². The van der Waals surface area contributed by atoms with E-state index < -0.39 is 23.8 Å². The van der Waals surface area contributed by atoms with Crippen molar-refractivity contribution in [2.75, 3.05) is 6.61 Å². The molecule has 1 aromatic heterocycles. The first kappa shape index (κ1) is 25.1. The summed E-state index contributed by atoms with van der Waals surface area (Å²) in [5.74, 6) is -1.26. The molecule has 2 aromatic carbocycles. The zero-order valence-electron chi connectivity index (χ0n) is 17.9. The van der Waals surface area contributed by atoms with Crippen LogP contribution in [0.15, 0.2) is 53.1 Å². The van der Waals surface area contributed by atoms with Crippen molar-refractivity contribution in [1.82, 2.24) is 15.6 Å². The molecule has 2 N–H and O–H groups in total. The highest BCUT2D eigenvalue weighted by molar-refractivity contribution is 9.10. The lowest BCUT2D eigenvalue weighted by atomic mass is 9.99. The van der Waals surface area contributed by atoms with Crippen molar-refractivity contribution in [1.29, 1.82) is 0 Å². The van der Waals surface area contributed by atoms with E-state index in [1.165, 1.54) is 18.3 Å². The number of nitrogens with one attached hydrogen (secondary N) is 2. The first-order valence-corrected chi connectivity index (χ1v) is 12.1. The maximum atomic E-state index is 14.3. The first-order valence-electron chi connectivity index (χ1n) is 10.2. The summed E-state index contributed by atoms with van der Waals surface area (Å²) in [6.45, 7) is 4.08. The molecule has 3 rings (SSSR count). The lowest BCUT2D eigenvalue weighted by molar-refractivity contribution is -0.121. The molecule has 10 heteroatoms. The van der Waals surface area contributed by atoms with Crippen molar-refractivity contribution in [3.05, 3.63) is 80.0 Å². The molecule has 0 aliphatic carbocycles. The first-order chi connectivity index (χ1) is 15.8. The van der Waals surface area contributed by atoms with Crippen LogP contribution >= 0.6 is 38.9 Å². The van der Waals surface area contributed by atoms with Gasteiger partial charge in [-0.25, -0.2) is 9.37 Å². The van der Waals surface area contributed by atoms with Gasteiger partial charge in [-0.15, -0.1) is 0 Å². The summed E-state index contributed by atoms with van der Waals surface area (Å²) in [7, 11) is 0. The summed E-state index contributed by atoms with van der Waals surface area (Å²) in [5, 5.41) is 6.55. The number of benzene rings is 2. The van der Waals surface area contributed by atoms with E-state index in [-0.39, 0.29) is 17.9 Å². The minimum atomic E-state index is -0.545. The third-order valence-electron chi connectivity index (χ3n) is 4.75. The van der Waals surface area contributed by atoms with Crippen LogP contribution in [-0.4, -0.2) is 29.4 Å². The largest absolute Gasteiger partial charge is 0.470 e. The Morgan fingerprint density at radius 2 is 1.97 bits per heavy atom. The molecule has 0 aliphatic rings. The normalized spacial score (nSPS) is 12.6. The number of aromatic nitrogens is 1. The molecule has 0 aliphatic heterocycles. The van der Waals surface area contributed by atoms with Gasteiger partial charge in [0.2, 0.25) is 5.91 Å². The SMILES string of the molecule is CCOc1ncc(C(=O)NC(C)C(NC(=O)Cc2cc(Cl)c(Br)cc2F)c2ccccc2)s1. The number of hydrogen-bond donors (Lipinski definition) is 2. The van der Waals surface area contributed by atoms with Crippen molar-refractivity contribution < 1.29 is 18.7 Å². The summed E-state index contributed by atoms with van der Waals surface area (Å²) in [6, 6.07) is 10.9. The second-order valence-corrected chi connectivity index (χ2v) is 9.43. The lowest BCUT2D eigenvalue weighted by Gasteiger charge is -2.26. The van der Waals surface area contributed by atoms with E-state index in [1.54, 1.807) is 6.92 Å². The summed E-state index contributed by atoms with van der Waals surface area (Å²) in [6.07, 6.45) is 1.25. The minimum absolute atomic E-state index is 0.178. The van der Waals surface area contributed by atoms with Gasteiger partial charge >= 0.3 is 0 Å². The fourth-order valence-electron chi connectivity index (χ4n) is 3.17. The average molecular weight is 555 g/mol. The zero-order chi connectivity index (χ0) is 24.0. The van der Waals surface area contributed by atoms with Crippen LogP contribution in [0, 0.1) is 5.82 Å². The van der Waals surface area contributed by atoms with Gasteiger partial charge in [-0.1, -0.05) is 53.3 Å². The van der Waals surface area contributed by atoms with Crippen molar-refractivity contribution in [2.24, 2.45) is 0 Å². The van der Waals surface area contributed by atoms with Crippen LogP contribution in [0.3, 0.4) is 0 Å². The topological polar surface area (TPSA) is 80.3 Å². The monoisotopic (exact) mass is 553 g/mol. The fourth-order valence-corrected chi connectivity index (χ4v) is 4.40. The predicted octanol–water partition coefficient (Wildman–Crippen LogP) is 5.32. The average Bonchev–Trinajstić information content (AvgIpc) is 3.25. The molecule has 0 saturated carbocycles. The number of carbonyl (C=O) groups is 2. The van der Waals surface area contributed by atoms with E-state index in [0.29, 0.717) is 26.2 Å². The van der Waals surface area contributed by atoms with E-state index in [4.69, 9.17) is 16.3 Å². The highest BCUT2D eigenvalue weighted by Crippen LogP contribution is 2.26. The zero-order valence-corrected chi connectivity index (χ0v) is 21.1. The minimum Gasteiger partial charge on any atom is -0.470 e. The molecule has 0 saturated heterocycles. The van der Waals surface area contributed by atoms with Crippen LogP contribution in [0.2, 0.25) is 5.02 Å². The van der Waals surface area contributed by atoms with Gasteiger partial charge in [-0.2, -0.15) is 0 Å². The second kappa shape index (κ2) is 11.6. The standard InChI is InChI=1S/C23H22BrClFN3O3S/c1-3-32-23-27-12-19(33-23)22(31)28-13(2)21(14-7-5-4-6-8-14)29-20(30)10-15-9-17(25)16(24)11-18(15)26/h4-9,11-13,21H,3,10H2,1-2H3,(H,28,31)(H,29,30). The van der Waals surface area contributed by atoms with Crippen LogP contribution < -0.4 is 15.4 Å².